The minimum atomic E-state index is -0.362. The quantitative estimate of drug-likeness (QED) is 0.651. The van der Waals surface area contributed by atoms with Gasteiger partial charge in [0.2, 0.25) is 5.91 Å². The van der Waals surface area contributed by atoms with Gasteiger partial charge in [0.25, 0.3) is 0 Å². The number of rotatable bonds is 5. The Morgan fingerprint density at radius 3 is 2.81 bits per heavy atom. The van der Waals surface area contributed by atoms with E-state index < -0.39 is 0 Å². The molecule has 0 heterocycles. The Bertz CT molecular complexity index is 221. The zero-order chi connectivity index (χ0) is 12.0. The minimum absolute atomic E-state index is 0.00215. The van der Waals surface area contributed by atoms with Crippen LogP contribution in [0.1, 0.15) is 45.4 Å². The number of nitrogens with two attached hydrogens (primary N) is 1. The molecule has 0 aromatic carbocycles. The van der Waals surface area contributed by atoms with Gasteiger partial charge in [0, 0.05) is 5.92 Å². The number of aliphatic hydroxyl groups excluding tert-OH is 1. The van der Waals surface area contributed by atoms with E-state index in [1.165, 1.54) is 0 Å². The molecule has 0 saturated heterocycles. The van der Waals surface area contributed by atoms with Crippen LogP contribution in [0.5, 0.6) is 0 Å². The second kappa shape index (κ2) is 6.86. The zero-order valence-corrected chi connectivity index (χ0v) is 10.1. The third kappa shape index (κ3) is 4.10. The van der Waals surface area contributed by atoms with Gasteiger partial charge in [-0.2, -0.15) is 0 Å². The molecule has 0 aromatic rings. The predicted molar refractivity (Wildman–Crippen MR) is 63.9 cm³/mol. The first-order chi connectivity index (χ1) is 7.65. The Morgan fingerprint density at radius 2 is 2.19 bits per heavy atom. The maximum absolute atomic E-state index is 11.8. The number of carbonyl (C=O) groups excluding carboxylic acids is 1. The van der Waals surface area contributed by atoms with E-state index in [0.29, 0.717) is 6.54 Å². The third-order valence-electron chi connectivity index (χ3n) is 3.35. The van der Waals surface area contributed by atoms with Crippen LogP contribution in [0.3, 0.4) is 0 Å². The van der Waals surface area contributed by atoms with E-state index >= 15 is 0 Å². The highest BCUT2D eigenvalue weighted by atomic mass is 16.3. The van der Waals surface area contributed by atoms with E-state index in [9.17, 15) is 9.90 Å². The highest BCUT2D eigenvalue weighted by Crippen LogP contribution is 2.19. The number of aliphatic hydroxyl groups is 1. The lowest BCUT2D eigenvalue weighted by atomic mass is 9.92. The van der Waals surface area contributed by atoms with Crippen molar-refractivity contribution in [1.82, 2.24) is 5.32 Å². The van der Waals surface area contributed by atoms with Crippen molar-refractivity contribution in [2.75, 3.05) is 6.54 Å². The van der Waals surface area contributed by atoms with Crippen molar-refractivity contribution in [3.63, 3.8) is 0 Å². The van der Waals surface area contributed by atoms with Gasteiger partial charge in [0.1, 0.15) is 0 Å². The Kier molecular flexibility index (Phi) is 5.77. The van der Waals surface area contributed by atoms with Crippen LogP contribution in [-0.4, -0.2) is 29.7 Å². The van der Waals surface area contributed by atoms with E-state index in [4.69, 9.17) is 5.73 Å². The molecule has 4 heteroatoms. The number of hydrogen-bond donors (Lipinski definition) is 3. The van der Waals surface area contributed by atoms with Crippen molar-refractivity contribution < 1.29 is 9.90 Å². The Morgan fingerprint density at radius 1 is 1.50 bits per heavy atom. The first-order valence-corrected chi connectivity index (χ1v) is 6.33. The molecule has 4 N–H and O–H groups in total. The van der Waals surface area contributed by atoms with Gasteiger partial charge in [-0.1, -0.05) is 19.8 Å². The van der Waals surface area contributed by atoms with E-state index in [1.54, 1.807) is 0 Å². The average Bonchev–Trinajstić information content (AvgIpc) is 2.28. The first-order valence-electron chi connectivity index (χ1n) is 6.33. The topological polar surface area (TPSA) is 75.4 Å². The largest absolute Gasteiger partial charge is 0.391 e. The second-order valence-corrected chi connectivity index (χ2v) is 4.80. The van der Waals surface area contributed by atoms with Crippen LogP contribution in [0.4, 0.5) is 0 Å². The average molecular weight is 228 g/mol. The molecule has 94 valence electrons. The fourth-order valence-electron chi connectivity index (χ4n) is 2.16. The Hall–Kier alpha value is -0.610. The summed E-state index contributed by atoms with van der Waals surface area (Å²) in [7, 11) is 0. The highest BCUT2D eigenvalue weighted by Gasteiger charge is 2.25. The van der Waals surface area contributed by atoms with Crippen LogP contribution in [0.2, 0.25) is 0 Å². The number of amides is 1. The van der Waals surface area contributed by atoms with Crippen molar-refractivity contribution in [3.8, 4) is 0 Å². The summed E-state index contributed by atoms with van der Waals surface area (Å²) in [5.74, 6) is 0.0528. The summed E-state index contributed by atoms with van der Waals surface area (Å²) in [6, 6.07) is -0.0402. The van der Waals surface area contributed by atoms with Gasteiger partial charge in [-0.3, -0.25) is 4.79 Å². The van der Waals surface area contributed by atoms with E-state index in [2.05, 4.69) is 5.32 Å². The lowest BCUT2D eigenvalue weighted by molar-refractivity contribution is -0.126. The molecule has 1 saturated carbocycles. The standard InChI is InChI=1S/C12H24N2O2/c1-9(5-4-8-13)12(16)14-10-6-2-3-7-11(10)15/h9-11,15H,2-8,13H2,1H3,(H,14,16). The summed E-state index contributed by atoms with van der Waals surface area (Å²) in [5.41, 5.74) is 5.41. The van der Waals surface area contributed by atoms with Crippen molar-refractivity contribution in [1.29, 1.82) is 0 Å². The van der Waals surface area contributed by atoms with E-state index in [-0.39, 0.29) is 24.0 Å². The van der Waals surface area contributed by atoms with Crippen LogP contribution in [0, 0.1) is 5.92 Å². The van der Waals surface area contributed by atoms with Gasteiger partial charge in [-0.05, 0) is 32.2 Å². The summed E-state index contributed by atoms with van der Waals surface area (Å²) < 4.78 is 0. The summed E-state index contributed by atoms with van der Waals surface area (Å²) in [6.45, 7) is 2.55. The molecule has 1 rings (SSSR count). The highest BCUT2D eigenvalue weighted by molar-refractivity contribution is 5.78. The molecular weight excluding hydrogens is 204 g/mol. The molecule has 4 nitrogen and oxygen atoms in total. The smallest absolute Gasteiger partial charge is 0.223 e. The molecule has 0 aromatic heterocycles. The number of carbonyl (C=O) groups is 1. The van der Waals surface area contributed by atoms with Gasteiger partial charge < -0.3 is 16.2 Å². The van der Waals surface area contributed by atoms with Gasteiger partial charge in [-0.25, -0.2) is 0 Å². The van der Waals surface area contributed by atoms with Crippen molar-refractivity contribution in [2.45, 2.75) is 57.6 Å². The van der Waals surface area contributed by atoms with Gasteiger partial charge in [-0.15, -0.1) is 0 Å². The maximum atomic E-state index is 11.8. The van der Waals surface area contributed by atoms with Crippen LogP contribution in [-0.2, 0) is 4.79 Å². The maximum Gasteiger partial charge on any atom is 0.223 e. The summed E-state index contributed by atoms with van der Waals surface area (Å²) in [6.07, 6.45) is 5.21. The number of nitrogens with one attached hydrogen (secondary N) is 1. The summed E-state index contributed by atoms with van der Waals surface area (Å²) in [5, 5.41) is 12.7. The van der Waals surface area contributed by atoms with Crippen LogP contribution < -0.4 is 11.1 Å². The van der Waals surface area contributed by atoms with Crippen LogP contribution >= 0.6 is 0 Å². The number of hydrogen-bond acceptors (Lipinski definition) is 3. The zero-order valence-electron chi connectivity index (χ0n) is 10.1. The molecule has 0 radical (unpaired) electrons. The molecule has 1 fully saturated rings. The molecule has 0 spiro atoms. The third-order valence-corrected chi connectivity index (χ3v) is 3.35. The van der Waals surface area contributed by atoms with Gasteiger partial charge in [0.05, 0.1) is 12.1 Å². The molecule has 0 aliphatic heterocycles. The van der Waals surface area contributed by atoms with Crippen molar-refractivity contribution >= 4 is 5.91 Å². The van der Waals surface area contributed by atoms with Crippen LogP contribution in [0.15, 0.2) is 0 Å². The lowest BCUT2D eigenvalue weighted by Gasteiger charge is -2.29. The van der Waals surface area contributed by atoms with E-state index in [0.717, 1.165) is 38.5 Å². The predicted octanol–water partition coefficient (Wildman–Crippen LogP) is 0.781. The molecule has 1 amide bonds. The monoisotopic (exact) mass is 228 g/mol. The fraction of sp³-hybridized carbons (Fsp3) is 0.917. The lowest BCUT2D eigenvalue weighted by Crippen LogP contribution is -2.46. The van der Waals surface area contributed by atoms with Gasteiger partial charge >= 0.3 is 0 Å². The van der Waals surface area contributed by atoms with Crippen molar-refractivity contribution in [2.24, 2.45) is 11.7 Å². The molecule has 1 aliphatic rings. The molecule has 1 aliphatic carbocycles. The van der Waals surface area contributed by atoms with Crippen LogP contribution in [0.25, 0.3) is 0 Å². The SMILES string of the molecule is CC(CCCN)C(=O)NC1CCCCC1O. The summed E-state index contributed by atoms with van der Waals surface area (Å²) in [4.78, 5) is 11.8. The first kappa shape index (κ1) is 13.5. The minimum Gasteiger partial charge on any atom is -0.391 e. The Balaban J connectivity index is 2.31. The Labute approximate surface area is 97.6 Å². The molecule has 3 unspecified atom stereocenters. The van der Waals surface area contributed by atoms with Crippen molar-refractivity contribution in [3.05, 3.63) is 0 Å². The molecular formula is C12H24N2O2. The normalized spacial score (nSPS) is 27.4. The molecule has 16 heavy (non-hydrogen) atoms. The van der Waals surface area contributed by atoms with Gasteiger partial charge in [0.15, 0.2) is 0 Å². The summed E-state index contributed by atoms with van der Waals surface area (Å²) >= 11 is 0. The molecule has 3 atom stereocenters. The second-order valence-electron chi connectivity index (χ2n) is 4.80. The van der Waals surface area contributed by atoms with E-state index in [1.807, 2.05) is 6.92 Å². The fourth-order valence-corrected chi connectivity index (χ4v) is 2.16. The molecule has 0 bridgehead atoms.